The van der Waals surface area contributed by atoms with Gasteiger partial charge < -0.3 is 0 Å². The Hall–Kier alpha value is -0.170. The second kappa shape index (κ2) is 5.65. The average Bonchev–Trinajstić information content (AvgIpc) is 2.26. The third kappa shape index (κ3) is 3.19. The normalized spacial score (nSPS) is 14.0. The molecule has 0 bridgehead atoms. The maximum atomic E-state index is 13.6. The summed E-state index contributed by atoms with van der Waals surface area (Å²) in [6.07, 6.45) is 0. The molecule has 3 nitrogen and oxygen atoms in total. The SMILES string of the molecule is CC(CCl)N(C)S(=O)(=O)c1ccc(Br)cc1F. The maximum Gasteiger partial charge on any atom is 0.246 e. The van der Waals surface area contributed by atoms with Crippen LogP contribution >= 0.6 is 27.5 Å². The lowest BCUT2D eigenvalue weighted by molar-refractivity contribution is 0.410. The van der Waals surface area contributed by atoms with Crippen molar-refractivity contribution in [3.05, 3.63) is 28.5 Å². The molecule has 0 amide bonds. The second-order valence-electron chi connectivity index (χ2n) is 3.60. The van der Waals surface area contributed by atoms with Gasteiger partial charge in [-0.3, -0.25) is 0 Å². The number of hydrogen-bond donors (Lipinski definition) is 0. The maximum absolute atomic E-state index is 13.6. The van der Waals surface area contributed by atoms with Gasteiger partial charge in [-0.2, -0.15) is 4.31 Å². The summed E-state index contributed by atoms with van der Waals surface area (Å²) in [4.78, 5) is -0.347. The summed E-state index contributed by atoms with van der Waals surface area (Å²) in [6, 6.07) is 3.43. The molecule has 7 heteroatoms. The van der Waals surface area contributed by atoms with Crippen LogP contribution in [0, 0.1) is 5.82 Å². The van der Waals surface area contributed by atoms with Crippen molar-refractivity contribution >= 4 is 37.6 Å². The molecule has 0 saturated carbocycles. The molecule has 0 fully saturated rings. The number of halogens is 3. The minimum Gasteiger partial charge on any atom is -0.207 e. The molecule has 1 aromatic carbocycles. The third-order valence-corrected chi connectivity index (χ3v) is 5.34. The Morgan fingerprint density at radius 3 is 2.59 bits per heavy atom. The number of nitrogens with zero attached hydrogens (tertiary/aromatic N) is 1. The van der Waals surface area contributed by atoms with Crippen molar-refractivity contribution in [2.24, 2.45) is 0 Å². The van der Waals surface area contributed by atoms with Crippen LogP contribution in [0.4, 0.5) is 4.39 Å². The molecule has 17 heavy (non-hydrogen) atoms. The lowest BCUT2D eigenvalue weighted by Crippen LogP contribution is -2.36. The predicted molar refractivity (Wildman–Crippen MR) is 69.2 cm³/mol. The van der Waals surface area contributed by atoms with Gasteiger partial charge >= 0.3 is 0 Å². The zero-order valence-electron chi connectivity index (χ0n) is 9.32. The van der Waals surface area contributed by atoms with Gasteiger partial charge in [0.1, 0.15) is 10.7 Å². The van der Waals surface area contributed by atoms with E-state index in [0.717, 1.165) is 10.4 Å². The largest absolute Gasteiger partial charge is 0.246 e. The molecular formula is C10H12BrClFNO2S. The zero-order valence-corrected chi connectivity index (χ0v) is 12.5. The highest BCUT2D eigenvalue weighted by Gasteiger charge is 2.27. The fourth-order valence-electron chi connectivity index (χ4n) is 1.17. The van der Waals surface area contributed by atoms with Crippen LogP contribution in [0.2, 0.25) is 0 Å². The van der Waals surface area contributed by atoms with Gasteiger partial charge in [-0.1, -0.05) is 15.9 Å². The smallest absolute Gasteiger partial charge is 0.207 e. The van der Waals surface area contributed by atoms with Crippen molar-refractivity contribution in [1.29, 1.82) is 0 Å². The third-order valence-electron chi connectivity index (χ3n) is 2.39. The molecule has 0 radical (unpaired) electrons. The fourth-order valence-corrected chi connectivity index (χ4v) is 3.20. The standard InChI is InChI=1S/C10H12BrClFNO2S/c1-7(6-12)14(2)17(15,16)10-4-3-8(11)5-9(10)13/h3-5,7H,6H2,1-2H3. The number of alkyl halides is 1. The molecule has 0 N–H and O–H groups in total. The van der Waals surface area contributed by atoms with E-state index in [1.165, 1.54) is 19.2 Å². The monoisotopic (exact) mass is 343 g/mol. The summed E-state index contributed by atoms with van der Waals surface area (Å²) in [7, 11) is -2.47. The molecule has 1 aromatic rings. The van der Waals surface area contributed by atoms with Crippen molar-refractivity contribution < 1.29 is 12.8 Å². The summed E-state index contributed by atoms with van der Waals surface area (Å²) >= 11 is 8.67. The first-order valence-electron chi connectivity index (χ1n) is 4.79. The van der Waals surface area contributed by atoms with Gasteiger partial charge in [0, 0.05) is 23.4 Å². The lowest BCUT2D eigenvalue weighted by atomic mass is 10.3. The van der Waals surface area contributed by atoms with Gasteiger partial charge in [0.2, 0.25) is 10.0 Å². The molecule has 0 saturated heterocycles. The highest BCUT2D eigenvalue weighted by molar-refractivity contribution is 9.10. The van der Waals surface area contributed by atoms with Crippen molar-refractivity contribution in [2.45, 2.75) is 17.9 Å². The van der Waals surface area contributed by atoms with E-state index in [4.69, 9.17) is 11.6 Å². The Balaban J connectivity index is 3.22. The molecule has 1 atom stereocenters. The van der Waals surface area contributed by atoms with Crippen molar-refractivity contribution in [3.63, 3.8) is 0 Å². The summed E-state index contributed by atoms with van der Waals surface area (Å²) in [5.41, 5.74) is 0. The number of sulfonamides is 1. The second-order valence-corrected chi connectivity index (χ2v) is 6.79. The van der Waals surface area contributed by atoms with Crippen molar-refractivity contribution in [3.8, 4) is 0 Å². The lowest BCUT2D eigenvalue weighted by Gasteiger charge is -2.22. The van der Waals surface area contributed by atoms with Crippen molar-refractivity contribution in [1.82, 2.24) is 4.31 Å². The van der Waals surface area contributed by atoms with E-state index in [1.807, 2.05) is 0 Å². The molecule has 0 spiro atoms. The van der Waals surface area contributed by atoms with Gasteiger partial charge in [0.25, 0.3) is 0 Å². The summed E-state index contributed by atoms with van der Waals surface area (Å²) in [5, 5.41) is 0. The summed E-state index contributed by atoms with van der Waals surface area (Å²) in [6.45, 7) is 1.65. The van der Waals surface area contributed by atoms with Crippen LogP contribution < -0.4 is 0 Å². The van der Waals surface area contributed by atoms with Crippen LogP contribution in [-0.4, -0.2) is 31.7 Å². The highest BCUT2D eigenvalue weighted by atomic mass is 79.9. The first kappa shape index (κ1) is 14.9. The predicted octanol–water partition coefficient (Wildman–Crippen LogP) is 2.84. The van der Waals surface area contributed by atoms with Crippen LogP contribution in [0.1, 0.15) is 6.92 Å². The van der Waals surface area contributed by atoms with Gasteiger partial charge in [0.05, 0.1) is 0 Å². The highest BCUT2D eigenvalue weighted by Crippen LogP contribution is 2.23. The van der Waals surface area contributed by atoms with Gasteiger partial charge in [-0.15, -0.1) is 11.6 Å². The quantitative estimate of drug-likeness (QED) is 0.788. The van der Waals surface area contributed by atoms with Crippen LogP contribution in [-0.2, 0) is 10.0 Å². The van der Waals surface area contributed by atoms with E-state index in [1.54, 1.807) is 6.92 Å². The minimum atomic E-state index is -3.84. The Labute approximate surface area is 114 Å². The molecule has 0 heterocycles. The van der Waals surface area contributed by atoms with Crippen LogP contribution in [0.15, 0.2) is 27.6 Å². The molecule has 0 aliphatic heterocycles. The first-order chi connectivity index (χ1) is 7.80. The number of hydrogen-bond acceptors (Lipinski definition) is 2. The van der Waals surface area contributed by atoms with Gasteiger partial charge in [0.15, 0.2) is 0 Å². The summed E-state index contributed by atoms with van der Waals surface area (Å²) in [5.74, 6) is -0.638. The molecule has 1 rings (SSSR count). The number of rotatable bonds is 4. The average molecular weight is 345 g/mol. The van der Waals surface area contributed by atoms with Gasteiger partial charge in [-0.05, 0) is 25.1 Å². The number of benzene rings is 1. The van der Waals surface area contributed by atoms with Crippen LogP contribution in [0.3, 0.4) is 0 Å². The first-order valence-corrected chi connectivity index (χ1v) is 7.56. The molecule has 96 valence electrons. The van der Waals surface area contributed by atoms with Gasteiger partial charge in [-0.25, -0.2) is 12.8 Å². The van der Waals surface area contributed by atoms with E-state index in [2.05, 4.69) is 15.9 Å². The molecule has 0 aliphatic rings. The summed E-state index contributed by atoms with van der Waals surface area (Å²) < 4.78 is 39.3. The Morgan fingerprint density at radius 2 is 2.12 bits per heavy atom. The molecular weight excluding hydrogens is 333 g/mol. The van der Waals surface area contributed by atoms with Crippen molar-refractivity contribution in [2.75, 3.05) is 12.9 Å². The van der Waals surface area contributed by atoms with E-state index < -0.39 is 21.9 Å². The van der Waals surface area contributed by atoms with E-state index in [0.29, 0.717) is 4.47 Å². The fraction of sp³-hybridized carbons (Fsp3) is 0.400. The molecule has 1 unspecified atom stereocenters. The van der Waals surface area contributed by atoms with Crippen LogP contribution in [0.25, 0.3) is 0 Å². The van der Waals surface area contributed by atoms with E-state index in [9.17, 15) is 12.8 Å². The Bertz CT molecular complexity index is 509. The minimum absolute atomic E-state index is 0.147. The van der Waals surface area contributed by atoms with Crippen LogP contribution in [0.5, 0.6) is 0 Å². The Morgan fingerprint density at radius 1 is 1.53 bits per heavy atom. The van der Waals surface area contributed by atoms with E-state index in [-0.39, 0.29) is 10.8 Å². The zero-order chi connectivity index (χ0) is 13.2. The molecule has 0 aromatic heterocycles. The Kier molecular flexibility index (Phi) is 4.95. The topological polar surface area (TPSA) is 37.4 Å². The molecule has 0 aliphatic carbocycles. The van der Waals surface area contributed by atoms with E-state index >= 15 is 0 Å².